The third-order valence-electron chi connectivity index (χ3n) is 12.7. The Morgan fingerprint density at radius 2 is 0.734 bits per heavy atom. The summed E-state index contributed by atoms with van der Waals surface area (Å²) in [6.45, 7) is 13.7. The number of fused-ring (bicyclic) bond motifs is 6. The highest BCUT2D eigenvalue weighted by Gasteiger charge is 2.25. The number of hydrogen-bond donors (Lipinski definition) is 0. The van der Waals surface area contributed by atoms with Crippen LogP contribution in [0.2, 0.25) is 0 Å². The average Bonchev–Trinajstić information content (AvgIpc) is 3.83. The van der Waals surface area contributed by atoms with Crippen molar-refractivity contribution in [1.82, 2.24) is 24.1 Å². The van der Waals surface area contributed by atoms with Gasteiger partial charge in [-0.25, -0.2) is 15.0 Å². The second kappa shape index (κ2) is 15.0. The Bertz CT molecular complexity index is 3380. The molecule has 0 aliphatic rings. The van der Waals surface area contributed by atoms with E-state index in [1.165, 1.54) is 43.7 Å². The topological polar surface area (TPSA) is 48.5 Å². The maximum Gasteiger partial charge on any atom is 0.166 e. The van der Waals surface area contributed by atoms with Gasteiger partial charge in [0.2, 0.25) is 0 Å². The molecular formula is C59H49N5. The molecule has 11 rings (SSSR count). The Hall–Kier alpha value is -7.63. The summed E-state index contributed by atoms with van der Waals surface area (Å²) in [5, 5.41) is 4.91. The van der Waals surface area contributed by atoms with Crippen LogP contribution in [0.15, 0.2) is 188 Å². The molecule has 0 aliphatic carbocycles. The van der Waals surface area contributed by atoms with Crippen LogP contribution >= 0.6 is 0 Å². The highest BCUT2D eigenvalue weighted by atomic mass is 15.1. The molecule has 0 saturated carbocycles. The van der Waals surface area contributed by atoms with Crippen LogP contribution < -0.4 is 0 Å². The van der Waals surface area contributed by atoms with E-state index in [0.717, 1.165) is 50.2 Å². The number of nitrogens with zero attached hydrogens (tertiary/aromatic N) is 5. The zero-order chi connectivity index (χ0) is 43.7. The van der Waals surface area contributed by atoms with E-state index in [2.05, 4.69) is 202 Å². The number of para-hydroxylation sites is 3. The lowest BCUT2D eigenvalue weighted by molar-refractivity contribution is 0.590. The minimum absolute atomic E-state index is 0.0205. The van der Waals surface area contributed by atoms with Gasteiger partial charge >= 0.3 is 0 Å². The third kappa shape index (κ3) is 6.67. The molecule has 0 spiro atoms. The van der Waals surface area contributed by atoms with Gasteiger partial charge < -0.3 is 9.13 Å². The van der Waals surface area contributed by atoms with E-state index in [-0.39, 0.29) is 10.8 Å². The molecule has 0 amide bonds. The van der Waals surface area contributed by atoms with Crippen molar-refractivity contribution in [2.75, 3.05) is 0 Å². The van der Waals surface area contributed by atoms with Crippen molar-refractivity contribution < 1.29 is 0 Å². The normalized spacial score (nSPS) is 12.2. The summed E-state index contributed by atoms with van der Waals surface area (Å²) in [5.74, 6) is 1.85. The largest absolute Gasteiger partial charge is 0.309 e. The summed E-state index contributed by atoms with van der Waals surface area (Å²) < 4.78 is 4.83. The van der Waals surface area contributed by atoms with Crippen molar-refractivity contribution in [1.29, 1.82) is 0 Å². The zero-order valence-corrected chi connectivity index (χ0v) is 37.1. The molecule has 310 valence electrons. The monoisotopic (exact) mass is 827 g/mol. The van der Waals surface area contributed by atoms with Crippen LogP contribution in [0.25, 0.3) is 100 Å². The fraction of sp³-hybridized carbons (Fsp3) is 0.136. The van der Waals surface area contributed by atoms with Crippen LogP contribution in [0.4, 0.5) is 0 Å². The standard InChI is InChI=1S/C59H49N5/c1-58(2,3)41-30-33-52-46(36-41)47-37-42(59(4,5)6)31-34-53(47)64(52)54-32-29-40(43-23-13-16-26-49(43)63-50-27-17-14-24-44(50)45-25-15-18-28-51(45)63)35-48(54)57-61-55(38-19-9-7-10-20-38)60-56(62-57)39-21-11-8-12-22-39/h7-37H,1-6H3. The molecule has 0 bridgehead atoms. The quantitative estimate of drug-likeness (QED) is 0.168. The molecule has 5 nitrogen and oxygen atoms in total. The fourth-order valence-electron chi connectivity index (χ4n) is 9.32. The molecule has 0 fully saturated rings. The third-order valence-corrected chi connectivity index (χ3v) is 12.7. The Labute approximate surface area is 374 Å². The minimum atomic E-state index is -0.0205. The summed E-state index contributed by atoms with van der Waals surface area (Å²) in [6.07, 6.45) is 0. The molecule has 5 heteroatoms. The van der Waals surface area contributed by atoms with E-state index >= 15 is 0 Å². The van der Waals surface area contributed by atoms with E-state index in [4.69, 9.17) is 15.0 Å². The number of benzene rings is 8. The first-order valence-corrected chi connectivity index (χ1v) is 22.2. The van der Waals surface area contributed by atoms with Crippen molar-refractivity contribution in [3.8, 4) is 56.7 Å². The first-order chi connectivity index (χ1) is 31.0. The fourth-order valence-corrected chi connectivity index (χ4v) is 9.32. The van der Waals surface area contributed by atoms with Crippen LogP contribution in [-0.2, 0) is 10.8 Å². The van der Waals surface area contributed by atoms with Gasteiger partial charge in [-0.1, -0.05) is 175 Å². The molecule has 3 heterocycles. The minimum Gasteiger partial charge on any atom is -0.309 e. The van der Waals surface area contributed by atoms with E-state index in [9.17, 15) is 0 Å². The summed E-state index contributed by atoms with van der Waals surface area (Å²) >= 11 is 0. The lowest BCUT2D eigenvalue weighted by Crippen LogP contribution is -2.10. The Morgan fingerprint density at radius 3 is 1.25 bits per heavy atom. The predicted octanol–water partition coefficient (Wildman–Crippen LogP) is 15.3. The maximum atomic E-state index is 5.37. The molecule has 0 atom stereocenters. The van der Waals surface area contributed by atoms with Crippen molar-refractivity contribution >= 4 is 43.6 Å². The SMILES string of the molecule is CC(C)(C)c1ccc2c(c1)c1cc(C(C)(C)C)ccc1n2-c1ccc(-c2ccccc2-n2c3ccccc3c3ccccc32)cc1-c1nc(-c2ccccc2)nc(-c2ccccc2)n1. The van der Waals surface area contributed by atoms with Gasteiger partial charge in [-0.3, -0.25) is 0 Å². The highest BCUT2D eigenvalue weighted by Crippen LogP contribution is 2.43. The van der Waals surface area contributed by atoms with Gasteiger partial charge in [0.05, 0.1) is 33.4 Å². The highest BCUT2D eigenvalue weighted by molar-refractivity contribution is 6.11. The van der Waals surface area contributed by atoms with E-state index in [1.807, 2.05) is 36.4 Å². The molecular weight excluding hydrogens is 779 g/mol. The van der Waals surface area contributed by atoms with Crippen LogP contribution in [0, 0.1) is 0 Å². The van der Waals surface area contributed by atoms with E-state index in [0.29, 0.717) is 17.5 Å². The van der Waals surface area contributed by atoms with Crippen LogP contribution in [0.1, 0.15) is 52.7 Å². The predicted molar refractivity (Wildman–Crippen MR) is 268 cm³/mol. The molecule has 0 N–H and O–H groups in total. The van der Waals surface area contributed by atoms with Gasteiger partial charge in [0.25, 0.3) is 0 Å². The Balaban J connectivity index is 1.23. The summed E-state index contributed by atoms with van der Waals surface area (Å²) in [4.78, 5) is 15.9. The second-order valence-corrected chi connectivity index (χ2v) is 19.0. The molecule has 0 aliphatic heterocycles. The molecule has 0 radical (unpaired) electrons. The number of hydrogen-bond acceptors (Lipinski definition) is 3. The van der Waals surface area contributed by atoms with Gasteiger partial charge in [0.15, 0.2) is 17.5 Å². The average molecular weight is 828 g/mol. The lowest BCUT2D eigenvalue weighted by Gasteiger charge is -2.20. The lowest BCUT2D eigenvalue weighted by atomic mass is 9.85. The van der Waals surface area contributed by atoms with E-state index in [1.54, 1.807) is 0 Å². The van der Waals surface area contributed by atoms with Crippen molar-refractivity contribution in [2.45, 2.75) is 52.4 Å². The maximum absolute atomic E-state index is 5.37. The molecule has 3 aromatic heterocycles. The molecule has 0 unspecified atom stereocenters. The van der Waals surface area contributed by atoms with Gasteiger partial charge in [0, 0.05) is 43.8 Å². The summed E-state index contributed by atoms with van der Waals surface area (Å²) in [6, 6.07) is 67.5. The Morgan fingerprint density at radius 1 is 0.312 bits per heavy atom. The molecule has 8 aromatic carbocycles. The molecule has 64 heavy (non-hydrogen) atoms. The first kappa shape index (κ1) is 39.2. The van der Waals surface area contributed by atoms with Gasteiger partial charge in [0.1, 0.15) is 0 Å². The van der Waals surface area contributed by atoms with Crippen LogP contribution in [0.5, 0.6) is 0 Å². The van der Waals surface area contributed by atoms with E-state index < -0.39 is 0 Å². The van der Waals surface area contributed by atoms with Gasteiger partial charge in [-0.2, -0.15) is 0 Å². The van der Waals surface area contributed by atoms with Gasteiger partial charge in [-0.05, 0) is 82.1 Å². The van der Waals surface area contributed by atoms with Crippen molar-refractivity contribution in [3.63, 3.8) is 0 Å². The Kier molecular flexibility index (Phi) is 9.21. The molecule has 0 saturated heterocycles. The molecule has 11 aromatic rings. The van der Waals surface area contributed by atoms with Crippen molar-refractivity contribution in [2.24, 2.45) is 0 Å². The van der Waals surface area contributed by atoms with Crippen molar-refractivity contribution in [3.05, 3.63) is 199 Å². The zero-order valence-electron chi connectivity index (χ0n) is 37.1. The smallest absolute Gasteiger partial charge is 0.166 e. The van der Waals surface area contributed by atoms with Crippen LogP contribution in [-0.4, -0.2) is 24.1 Å². The van der Waals surface area contributed by atoms with Gasteiger partial charge in [-0.15, -0.1) is 0 Å². The second-order valence-electron chi connectivity index (χ2n) is 19.0. The van der Waals surface area contributed by atoms with Crippen LogP contribution in [0.3, 0.4) is 0 Å². The summed E-state index contributed by atoms with van der Waals surface area (Å²) in [5.41, 5.74) is 14.2. The first-order valence-electron chi connectivity index (χ1n) is 22.2. The number of rotatable bonds is 6. The number of aromatic nitrogens is 5. The summed E-state index contributed by atoms with van der Waals surface area (Å²) in [7, 11) is 0.